The molecule has 3 N–H and O–H groups in total. The highest BCUT2D eigenvalue weighted by atomic mass is 35.5. The van der Waals surface area contributed by atoms with Gasteiger partial charge < -0.3 is 20.4 Å². The fourth-order valence-corrected chi connectivity index (χ4v) is 3.17. The van der Waals surface area contributed by atoms with Crippen molar-refractivity contribution in [1.82, 2.24) is 9.88 Å². The van der Waals surface area contributed by atoms with Crippen LogP contribution in [-0.2, 0) is 18.4 Å². The van der Waals surface area contributed by atoms with E-state index in [2.05, 4.69) is 5.32 Å². The van der Waals surface area contributed by atoms with Crippen LogP contribution in [0.25, 0.3) is 10.9 Å². The number of hydrogen-bond acceptors (Lipinski definition) is 4. The van der Waals surface area contributed by atoms with Crippen molar-refractivity contribution in [2.24, 2.45) is 12.8 Å². The number of para-hydroxylation sites is 1. The average molecular weight is 400 g/mol. The van der Waals surface area contributed by atoms with E-state index < -0.39 is 11.7 Å². The molecule has 0 aliphatic rings. The minimum atomic E-state index is -0.641. The number of ether oxygens (including phenoxy) is 1. The van der Waals surface area contributed by atoms with Crippen molar-refractivity contribution in [1.29, 1.82) is 0 Å². The van der Waals surface area contributed by atoms with Gasteiger partial charge in [0.1, 0.15) is 12.4 Å². The minimum Gasteiger partial charge on any atom is -0.487 e. The van der Waals surface area contributed by atoms with Crippen LogP contribution in [0.3, 0.4) is 0 Å². The number of nitrogens with one attached hydrogen (secondary N) is 1. The molecule has 0 saturated carbocycles. The molecule has 0 aliphatic carbocycles. The Labute approximate surface area is 168 Å². The first-order chi connectivity index (χ1) is 13.5. The Hall–Kier alpha value is -2.83. The normalized spacial score (nSPS) is 10.8. The van der Waals surface area contributed by atoms with Gasteiger partial charge >= 0.3 is 0 Å². The number of carbonyl (C=O) groups excluding carboxylic acids is 2. The molecular weight excluding hydrogens is 378 g/mol. The number of nitrogens with zero attached hydrogens (tertiary/aromatic N) is 1. The second-order valence-electron chi connectivity index (χ2n) is 6.37. The molecular formula is C21H22ClN3O3. The van der Waals surface area contributed by atoms with Crippen LogP contribution in [0.1, 0.15) is 22.5 Å². The van der Waals surface area contributed by atoms with E-state index in [1.165, 1.54) is 0 Å². The van der Waals surface area contributed by atoms with Crippen LogP contribution < -0.4 is 15.8 Å². The van der Waals surface area contributed by atoms with Gasteiger partial charge in [0.2, 0.25) is 0 Å². The number of aryl methyl sites for hydroxylation is 1. The number of ketones is 1. The fourth-order valence-electron chi connectivity index (χ4n) is 3.05. The summed E-state index contributed by atoms with van der Waals surface area (Å²) in [5.74, 6) is -0.596. The zero-order valence-electron chi connectivity index (χ0n) is 15.6. The monoisotopic (exact) mass is 399 g/mol. The van der Waals surface area contributed by atoms with Crippen LogP contribution in [-0.4, -0.2) is 29.3 Å². The molecule has 3 rings (SSSR count). The molecule has 28 heavy (non-hydrogen) atoms. The van der Waals surface area contributed by atoms with Crippen molar-refractivity contribution in [3.05, 3.63) is 64.8 Å². The Morgan fingerprint density at radius 2 is 1.86 bits per heavy atom. The van der Waals surface area contributed by atoms with E-state index in [-0.39, 0.29) is 6.61 Å². The van der Waals surface area contributed by atoms with E-state index in [1.807, 2.05) is 35.9 Å². The number of Topliss-reactive ketones (excluding diaryl/α,β-unsaturated/α-hetero) is 1. The van der Waals surface area contributed by atoms with Crippen LogP contribution in [0.4, 0.5) is 0 Å². The number of halogens is 1. The summed E-state index contributed by atoms with van der Waals surface area (Å²) in [6.07, 6.45) is 0.612. The van der Waals surface area contributed by atoms with Gasteiger partial charge in [0.15, 0.2) is 0 Å². The molecule has 7 heteroatoms. The maximum Gasteiger partial charge on any atom is 0.292 e. The predicted molar refractivity (Wildman–Crippen MR) is 110 cm³/mol. The van der Waals surface area contributed by atoms with Crippen LogP contribution in [0.2, 0.25) is 5.02 Å². The van der Waals surface area contributed by atoms with E-state index in [1.54, 1.807) is 24.3 Å². The lowest BCUT2D eigenvalue weighted by atomic mass is 10.1. The van der Waals surface area contributed by atoms with E-state index in [4.69, 9.17) is 22.1 Å². The van der Waals surface area contributed by atoms with Gasteiger partial charge in [-0.3, -0.25) is 9.59 Å². The number of amides is 1. The molecule has 0 atom stereocenters. The van der Waals surface area contributed by atoms with Crippen molar-refractivity contribution in [2.75, 3.05) is 13.1 Å². The molecule has 0 fully saturated rings. The van der Waals surface area contributed by atoms with Gasteiger partial charge in [0.25, 0.3) is 11.7 Å². The third kappa shape index (κ3) is 4.18. The lowest BCUT2D eigenvalue weighted by Gasteiger charge is -2.10. The lowest BCUT2D eigenvalue weighted by Crippen LogP contribution is -2.33. The molecule has 146 valence electrons. The first-order valence-corrected chi connectivity index (χ1v) is 9.38. The van der Waals surface area contributed by atoms with E-state index >= 15 is 0 Å². The summed E-state index contributed by atoms with van der Waals surface area (Å²) in [7, 11) is 1.85. The summed E-state index contributed by atoms with van der Waals surface area (Å²) >= 11 is 5.90. The number of aromatic nitrogens is 1. The summed E-state index contributed by atoms with van der Waals surface area (Å²) in [5, 5.41) is 3.96. The molecule has 2 aromatic carbocycles. The number of benzene rings is 2. The second-order valence-corrected chi connectivity index (χ2v) is 6.80. The van der Waals surface area contributed by atoms with E-state index in [0.29, 0.717) is 41.5 Å². The summed E-state index contributed by atoms with van der Waals surface area (Å²) in [6.45, 7) is 0.954. The summed E-state index contributed by atoms with van der Waals surface area (Å²) < 4.78 is 7.73. The van der Waals surface area contributed by atoms with Gasteiger partial charge in [0, 0.05) is 29.5 Å². The fraction of sp³-hybridized carbons (Fsp3) is 0.238. The van der Waals surface area contributed by atoms with Crippen molar-refractivity contribution in [3.8, 4) is 5.75 Å². The molecule has 1 heterocycles. The van der Waals surface area contributed by atoms with Gasteiger partial charge in [0.05, 0.1) is 11.3 Å². The lowest BCUT2D eigenvalue weighted by molar-refractivity contribution is -0.117. The second kappa shape index (κ2) is 8.91. The number of nitrogens with two attached hydrogens (primary N) is 1. The predicted octanol–water partition coefficient (Wildman–Crippen LogP) is 3.06. The quantitative estimate of drug-likeness (QED) is 0.346. The zero-order valence-corrected chi connectivity index (χ0v) is 16.3. The first kappa shape index (κ1) is 19.9. The molecule has 1 amide bonds. The Bertz CT molecular complexity index is 996. The topological polar surface area (TPSA) is 86.3 Å². The average Bonchev–Trinajstić information content (AvgIpc) is 2.99. The molecule has 0 spiro atoms. The largest absolute Gasteiger partial charge is 0.487 e. The van der Waals surface area contributed by atoms with Crippen molar-refractivity contribution in [2.45, 2.75) is 13.0 Å². The summed E-state index contributed by atoms with van der Waals surface area (Å²) in [4.78, 5) is 25.3. The van der Waals surface area contributed by atoms with Crippen LogP contribution in [0.15, 0.2) is 48.5 Å². The van der Waals surface area contributed by atoms with Crippen LogP contribution in [0, 0.1) is 0 Å². The Morgan fingerprint density at radius 1 is 1.14 bits per heavy atom. The molecule has 3 aromatic rings. The van der Waals surface area contributed by atoms with Crippen molar-refractivity contribution >= 4 is 34.2 Å². The number of rotatable bonds is 8. The number of fused-ring (bicyclic) bond motifs is 1. The highest BCUT2D eigenvalue weighted by molar-refractivity contribution is 6.45. The third-order valence-corrected chi connectivity index (χ3v) is 4.77. The zero-order chi connectivity index (χ0) is 20.1. The Kier molecular flexibility index (Phi) is 6.34. The highest BCUT2D eigenvalue weighted by Crippen LogP contribution is 2.27. The first-order valence-electron chi connectivity index (χ1n) is 9.00. The van der Waals surface area contributed by atoms with E-state index in [0.717, 1.165) is 10.9 Å². The highest BCUT2D eigenvalue weighted by Gasteiger charge is 2.26. The molecule has 0 radical (unpaired) electrons. The summed E-state index contributed by atoms with van der Waals surface area (Å²) in [6, 6.07) is 14.4. The molecule has 0 saturated heterocycles. The molecule has 0 aliphatic heterocycles. The van der Waals surface area contributed by atoms with Crippen LogP contribution in [0.5, 0.6) is 5.75 Å². The number of carbonyl (C=O) groups is 2. The Morgan fingerprint density at radius 3 is 2.57 bits per heavy atom. The van der Waals surface area contributed by atoms with Crippen LogP contribution >= 0.6 is 11.6 Å². The Balaban J connectivity index is 1.93. The van der Waals surface area contributed by atoms with Gasteiger partial charge in [-0.15, -0.1) is 0 Å². The molecule has 0 unspecified atom stereocenters. The summed E-state index contributed by atoms with van der Waals surface area (Å²) in [5.41, 5.74) is 7.29. The van der Waals surface area contributed by atoms with Crippen molar-refractivity contribution < 1.29 is 14.3 Å². The van der Waals surface area contributed by atoms with Gasteiger partial charge in [-0.1, -0.05) is 29.8 Å². The molecule has 0 bridgehead atoms. The van der Waals surface area contributed by atoms with Gasteiger partial charge in [-0.05, 0) is 43.3 Å². The number of hydrogen-bond donors (Lipinski definition) is 2. The van der Waals surface area contributed by atoms with E-state index in [9.17, 15) is 9.59 Å². The van der Waals surface area contributed by atoms with Gasteiger partial charge in [-0.2, -0.15) is 0 Å². The maximum atomic E-state index is 12.9. The maximum absolute atomic E-state index is 12.9. The van der Waals surface area contributed by atoms with Crippen molar-refractivity contribution in [3.63, 3.8) is 0 Å². The minimum absolute atomic E-state index is 0.143. The molecule has 1 aromatic heterocycles. The third-order valence-electron chi connectivity index (χ3n) is 4.52. The van der Waals surface area contributed by atoms with Gasteiger partial charge in [-0.25, -0.2) is 0 Å². The smallest absolute Gasteiger partial charge is 0.292 e. The SMILES string of the molecule is Cn1c(COc2ccc(Cl)cc2)c(C(=O)C(=O)NCCCN)c2ccccc21. The molecule has 6 nitrogen and oxygen atoms in total. The standard InChI is InChI=1S/C21H22ClN3O3/c1-25-17-6-3-2-5-16(17)19(20(26)21(27)24-12-4-11-23)18(25)13-28-15-9-7-14(22)8-10-15/h2-3,5-10H,4,11-13,23H2,1H3,(H,24,27).